The van der Waals surface area contributed by atoms with Gasteiger partial charge in [-0.1, -0.05) is 41.4 Å². The van der Waals surface area contributed by atoms with Crippen LogP contribution in [0.25, 0.3) is 0 Å². The van der Waals surface area contributed by atoms with Gasteiger partial charge in [-0.05, 0) is 61.0 Å². The lowest BCUT2D eigenvalue weighted by Crippen LogP contribution is -2.17. The molecule has 140 valence electrons. The first-order valence-corrected chi connectivity index (χ1v) is 8.87. The van der Waals surface area contributed by atoms with E-state index in [-0.39, 0.29) is 5.91 Å². The molecule has 0 aliphatic rings. The van der Waals surface area contributed by atoms with Gasteiger partial charge in [-0.25, -0.2) is 10.2 Å². The van der Waals surface area contributed by atoms with Crippen LogP contribution >= 0.6 is 11.6 Å². The number of aryl methyl sites for hydroxylation is 1. The van der Waals surface area contributed by atoms with Gasteiger partial charge in [-0.3, -0.25) is 4.79 Å². The van der Waals surface area contributed by atoms with Gasteiger partial charge in [-0.2, -0.15) is 5.10 Å². The van der Waals surface area contributed by atoms with E-state index in [0.29, 0.717) is 27.5 Å². The number of amides is 1. The minimum atomic E-state index is -0.488. The fourth-order valence-corrected chi connectivity index (χ4v) is 2.47. The van der Waals surface area contributed by atoms with Crippen molar-refractivity contribution in [2.45, 2.75) is 6.92 Å². The zero-order valence-corrected chi connectivity index (χ0v) is 15.8. The molecule has 0 aliphatic carbocycles. The molecule has 3 rings (SSSR count). The molecule has 1 N–H and O–H groups in total. The summed E-state index contributed by atoms with van der Waals surface area (Å²) in [4.78, 5) is 24.2. The van der Waals surface area contributed by atoms with Crippen molar-refractivity contribution in [2.24, 2.45) is 5.10 Å². The van der Waals surface area contributed by atoms with Crippen LogP contribution in [0.3, 0.4) is 0 Å². The topological polar surface area (TPSA) is 67.8 Å². The molecule has 0 heterocycles. The summed E-state index contributed by atoms with van der Waals surface area (Å²) < 4.78 is 5.36. The Balaban J connectivity index is 1.61. The number of nitrogens with one attached hydrogen (secondary N) is 1. The summed E-state index contributed by atoms with van der Waals surface area (Å²) in [6, 6.07) is 20.4. The van der Waals surface area contributed by atoms with E-state index in [2.05, 4.69) is 10.5 Å². The molecule has 0 saturated carbocycles. The molecule has 0 aliphatic heterocycles. The molecule has 0 unspecified atom stereocenters. The fraction of sp³-hybridized carbons (Fsp3) is 0.0455. The molecule has 0 atom stereocenters. The minimum Gasteiger partial charge on any atom is -0.423 e. The average molecular weight is 393 g/mol. The number of nitrogens with zero attached hydrogens (tertiary/aromatic N) is 1. The third-order valence-electron chi connectivity index (χ3n) is 3.84. The molecule has 0 saturated heterocycles. The van der Waals surface area contributed by atoms with E-state index in [0.717, 1.165) is 5.56 Å². The van der Waals surface area contributed by atoms with Crippen molar-refractivity contribution in [2.75, 3.05) is 0 Å². The summed E-state index contributed by atoms with van der Waals surface area (Å²) in [5.41, 5.74) is 5.13. The Morgan fingerprint density at radius 1 is 0.964 bits per heavy atom. The van der Waals surface area contributed by atoms with Crippen molar-refractivity contribution in [3.05, 3.63) is 100 Å². The summed E-state index contributed by atoms with van der Waals surface area (Å²) in [5.74, 6) is -0.422. The van der Waals surface area contributed by atoms with Crippen LogP contribution in [0, 0.1) is 6.92 Å². The predicted molar refractivity (Wildman–Crippen MR) is 109 cm³/mol. The summed E-state index contributed by atoms with van der Waals surface area (Å²) in [5, 5.41) is 4.49. The van der Waals surface area contributed by atoms with Crippen molar-refractivity contribution >= 4 is 29.7 Å². The number of esters is 1. The van der Waals surface area contributed by atoms with Crippen LogP contribution in [0.1, 0.15) is 31.8 Å². The molecule has 0 fully saturated rings. The van der Waals surface area contributed by atoms with Gasteiger partial charge >= 0.3 is 5.97 Å². The van der Waals surface area contributed by atoms with E-state index in [9.17, 15) is 9.59 Å². The van der Waals surface area contributed by atoms with E-state index in [1.165, 1.54) is 6.21 Å². The Hall–Kier alpha value is -3.44. The highest BCUT2D eigenvalue weighted by atomic mass is 35.5. The van der Waals surface area contributed by atoms with Gasteiger partial charge in [0.2, 0.25) is 0 Å². The monoisotopic (exact) mass is 392 g/mol. The van der Waals surface area contributed by atoms with Gasteiger partial charge < -0.3 is 4.74 Å². The molecule has 1 amide bonds. The average Bonchev–Trinajstić information content (AvgIpc) is 2.69. The van der Waals surface area contributed by atoms with E-state index in [4.69, 9.17) is 16.3 Å². The number of ether oxygens (including phenoxy) is 1. The van der Waals surface area contributed by atoms with Gasteiger partial charge in [0.25, 0.3) is 5.91 Å². The number of carbonyl (C=O) groups is 2. The summed E-state index contributed by atoms with van der Waals surface area (Å²) >= 11 is 5.82. The summed E-state index contributed by atoms with van der Waals surface area (Å²) in [6.45, 7) is 1.95. The Morgan fingerprint density at radius 2 is 1.64 bits per heavy atom. The predicted octanol–water partition coefficient (Wildman–Crippen LogP) is 4.63. The van der Waals surface area contributed by atoms with Crippen molar-refractivity contribution in [3.63, 3.8) is 0 Å². The maximum atomic E-state index is 12.2. The van der Waals surface area contributed by atoms with E-state index >= 15 is 0 Å². The van der Waals surface area contributed by atoms with Gasteiger partial charge in [0.05, 0.1) is 11.8 Å². The number of halogens is 1. The second-order valence-electron chi connectivity index (χ2n) is 6.03. The fourth-order valence-electron chi connectivity index (χ4n) is 2.35. The van der Waals surface area contributed by atoms with E-state index in [1.54, 1.807) is 60.7 Å². The Bertz CT molecular complexity index is 1010. The number of benzene rings is 3. The highest BCUT2D eigenvalue weighted by Gasteiger charge is 2.08. The second kappa shape index (κ2) is 8.97. The summed E-state index contributed by atoms with van der Waals surface area (Å²) in [6.07, 6.45) is 1.48. The first-order valence-electron chi connectivity index (χ1n) is 8.49. The third-order valence-corrected chi connectivity index (χ3v) is 4.09. The van der Waals surface area contributed by atoms with Crippen LogP contribution in [-0.2, 0) is 0 Å². The molecular weight excluding hydrogens is 376 g/mol. The largest absolute Gasteiger partial charge is 0.423 e. The lowest BCUT2D eigenvalue weighted by atomic mass is 10.1. The van der Waals surface area contributed by atoms with Crippen LogP contribution in [0.15, 0.2) is 77.9 Å². The molecule has 0 radical (unpaired) electrons. The quantitative estimate of drug-likeness (QED) is 0.298. The third kappa shape index (κ3) is 5.28. The normalized spacial score (nSPS) is 10.6. The van der Waals surface area contributed by atoms with Crippen LogP contribution in [0.4, 0.5) is 0 Å². The van der Waals surface area contributed by atoms with Crippen molar-refractivity contribution in [1.29, 1.82) is 0 Å². The van der Waals surface area contributed by atoms with Crippen LogP contribution in [0.2, 0.25) is 5.02 Å². The first kappa shape index (κ1) is 19.3. The SMILES string of the molecule is Cc1ccc(C(=O)NN=Cc2cccc(OC(=O)c3ccc(Cl)cc3)c2)cc1. The number of hydrazone groups is 1. The molecule has 28 heavy (non-hydrogen) atoms. The molecular formula is C22H17ClN2O3. The number of carbonyl (C=O) groups excluding carboxylic acids is 2. The highest BCUT2D eigenvalue weighted by molar-refractivity contribution is 6.30. The van der Waals surface area contributed by atoms with Gasteiger partial charge in [0.1, 0.15) is 5.75 Å². The number of hydrogen-bond acceptors (Lipinski definition) is 4. The first-order chi connectivity index (χ1) is 13.5. The van der Waals surface area contributed by atoms with Crippen LogP contribution in [-0.4, -0.2) is 18.1 Å². The number of rotatable bonds is 5. The van der Waals surface area contributed by atoms with E-state index in [1.807, 2.05) is 19.1 Å². The van der Waals surface area contributed by atoms with Gasteiger partial charge in [0.15, 0.2) is 0 Å². The Labute approximate surface area is 167 Å². The molecule has 0 aromatic heterocycles. The smallest absolute Gasteiger partial charge is 0.343 e. The van der Waals surface area contributed by atoms with E-state index < -0.39 is 5.97 Å². The lowest BCUT2D eigenvalue weighted by molar-refractivity contribution is 0.0734. The molecule has 6 heteroatoms. The van der Waals surface area contributed by atoms with Crippen molar-refractivity contribution in [1.82, 2.24) is 5.43 Å². The zero-order chi connectivity index (χ0) is 19.9. The van der Waals surface area contributed by atoms with Crippen molar-refractivity contribution in [3.8, 4) is 5.75 Å². The van der Waals surface area contributed by atoms with Crippen LogP contribution < -0.4 is 10.2 Å². The highest BCUT2D eigenvalue weighted by Crippen LogP contribution is 2.16. The molecule has 0 bridgehead atoms. The summed E-state index contributed by atoms with van der Waals surface area (Å²) in [7, 11) is 0. The van der Waals surface area contributed by atoms with Gasteiger partial charge in [0, 0.05) is 10.6 Å². The lowest BCUT2D eigenvalue weighted by Gasteiger charge is -2.05. The molecule has 3 aromatic rings. The standard InChI is InChI=1S/C22H17ClN2O3/c1-15-5-7-17(8-6-15)21(26)25-24-14-16-3-2-4-20(13-16)28-22(27)18-9-11-19(23)12-10-18/h2-14H,1H3,(H,25,26). The second-order valence-corrected chi connectivity index (χ2v) is 6.47. The number of hydrogen-bond donors (Lipinski definition) is 1. The maximum Gasteiger partial charge on any atom is 0.343 e. The van der Waals surface area contributed by atoms with Crippen LogP contribution in [0.5, 0.6) is 5.75 Å². The van der Waals surface area contributed by atoms with Gasteiger partial charge in [-0.15, -0.1) is 0 Å². The molecule has 0 spiro atoms. The molecule has 3 aromatic carbocycles. The Morgan fingerprint density at radius 3 is 2.36 bits per heavy atom. The maximum absolute atomic E-state index is 12.2. The zero-order valence-electron chi connectivity index (χ0n) is 15.1. The molecule has 5 nitrogen and oxygen atoms in total. The Kier molecular flexibility index (Phi) is 6.19. The van der Waals surface area contributed by atoms with Crippen molar-refractivity contribution < 1.29 is 14.3 Å². The minimum absolute atomic E-state index is 0.304.